The number of ether oxygens (including phenoxy) is 1. The fourth-order valence-electron chi connectivity index (χ4n) is 1.55. The summed E-state index contributed by atoms with van der Waals surface area (Å²) >= 11 is 0. The molecule has 0 amide bonds. The van der Waals surface area contributed by atoms with E-state index in [1.807, 2.05) is 12.1 Å². The lowest BCUT2D eigenvalue weighted by atomic mass is 10.2. The lowest BCUT2D eigenvalue weighted by molar-refractivity contribution is 0.217. The van der Waals surface area contributed by atoms with Crippen molar-refractivity contribution in [2.45, 2.75) is 46.1 Å². The molecule has 18 heavy (non-hydrogen) atoms. The highest BCUT2D eigenvalue weighted by atomic mass is 16.5. The third kappa shape index (κ3) is 5.72. The highest BCUT2D eigenvalue weighted by molar-refractivity contribution is 5.51. The molecule has 1 nitrogen and oxygen atoms in total. The van der Waals surface area contributed by atoms with E-state index < -0.39 is 0 Å². The normalized spacial score (nSPS) is 13.3. The van der Waals surface area contributed by atoms with Crippen LogP contribution in [0.15, 0.2) is 42.5 Å². The van der Waals surface area contributed by atoms with E-state index in [4.69, 9.17) is 4.74 Å². The molecule has 0 fully saturated rings. The first-order valence-electron chi connectivity index (χ1n) is 6.84. The van der Waals surface area contributed by atoms with E-state index in [1.165, 1.54) is 5.56 Å². The topological polar surface area (TPSA) is 9.23 Å². The molecule has 98 valence electrons. The fourth-order valence-corrected chi connectivity index (χ4v) is 1.55. The van der Waals surface area contributed by atoms with Crippen molar-refractivity contribution >= 4 is 6.08 Å². The largest absolute Gasteiger partial charge is 0.491 e. The highest BCUT2D eigenvalue weighted by Crippen LogP contribution is 2.17. The van der Waals surface area contributed by atoms with Gasteiger partial charge in [-0.1, -0.05) is 50.3 Å². The standard InChI is InChI=1S/C17H24O/c1-4-6-7-8-9-11-16-12-10-13-17(14-16)18-15(3)5-2/h6-7,9-15H,4-5,8H2,1-3H3/b7-6-,11-9+. The average Bonchev–Trinajstić information content (AvgIpc) is 2.39. The van der Waals surface area contributed by atoms with Crippen molar-refractivity contribution in [3.8, 4) is 5.75 Å². The quantitative estimate of drug-likeness (QED) is 0.596. The maximum Gasteiger partial charge on any atom is 0.120 e. The van der Waals surface area contributed by atoms with Gasteiger partial charge in [-0.2, -0.15) is 0 Å². The van der Waals surface area contributed by atoms with E-state index in [0.29, 0.717) is 0 Å². The first kappa shape index (κ1) is 14.6. The molecule has 0 N–H and O–H groups in total. The van der Waals surface area contributed by atoms with Crippen LogP contribution >= 0.6 is 0 Å². The Morgan fingerprint density at radius 2 is 2.00 bits per heavy atom. The number of hydrogen-bond donors (Lipinski definition) is 0. The number of rotatable bonds is 7. The van der Waals surface area contributed by atoms with E-state index >= 15 is 0 Å². The Labute approximate surface area is 111 Å². The molecule has 0 spiro atoms. The first-order chi connectivity index (χ1) is 8.76. The van der Waals surface area contributed by atoms with E-state index in [0.717, 1.165) is 25.0 Å². The van der Waals surface area contributed by atoms with Crippen LogP contribution in [0, 0.1) is 0 Å². The molecule has 0 aliphatic heterocycles. The Morgan fingerprint density at radius 1 is 1.17 bits per heavy atom. The molecule has 1 heteroatoms. The molecule has 1 aromatic rings. The van der Waals surface area contributed by atoms with Crippen molar-refractivity contribution in [3.63, 3.8) is 0 Å². The van der Waals surface area contributed by atoms with Crippen molar-refractivity contribution in [2.75, 3.05) is 0 Å². The molecular formula is C17H24O. The van der Waals surface area contributed by atoms with Crippen molar-refractivity contribution in [1.29, 1.82) is 0 Å². The van der Waals surface area contributed by atoms with E-state index in [-0.39, 0.29) is 6.10 Å². The van der Waals surface area contributed by atoms with Crippen LogP contribution in [0.4, 0.5) is 0 Å². The maximum absolute atomic E-state index is 5.80. The fraction of sp³-hybridized carbons (Fsp3) is 0.412. The first-order valence-corrected chi connectivity index (χ1v) is 6.84. The molecule has 0 aliphatic carbocycles. The molecule has 1 aromatic carbocycles. The van der Waals surface area contributed by atoms with Gasteiger partial charge in [0, 0.05) is 0 Å². The molecule has 0 saturated heterocycles. The Balaban J connectivity index is 2.56. The second-order valence-electron chi connectivity index (χ2n) is 4.43. The maximum atomic E-state index is 5.80. The van der Waals surface area contributed by atoms with Crippen LogP contribution in [0.25, 0.3) is 6.08 Å². The van der Waals surface area contributed by atoms with Crippen molar-refractivity contribution in [1.82, 2.24) is 0 Å². The Kier molecular flexibility index (Phi) is 6.93. The summed E-state index contributed by atoms with van der Waals surface area (Å²) in [5.74, 6) is 0.954. The summed E-state index contributed by atoms with van der Waals surface area (Å²) < 4.78 is 5.80. The van der Waals surface area contributed by atoms with Gasteiger partial charge < -0.3 is 4.74 Å². The Morgan fingerprint density at radius 3 is 2.72 bits per heavy atom. The van der Waals surface area contributed by atoms with Gasteiger partial charge in [0.2, 0.25) is 0 Å². The van der Waals surface area contributed by atoms with Gasteiger partial charge in [0.05, 0.1) is 6.10 Å². The molecule has 1 atom stereocenters. The monoisotopic (exact) mass is 244 g/mol. The zero-order valence-electron chi connectivity index (χ0n) is 11.7. The van der Waals surface area contributed by atoms with E-state index in [1.54, 1.807) is 0 Å². The van der Waals surface area contributed by atoms with Gasteiger partial charge >= 0.3 is 0 Å². The van der Waals surface area contributed by atoms with Gasteiger partial charge in [0.15, 0.2) is 0 Å². The molecule has 0 bridgehead atoms. The number of benzene rings is 1. The van der Waals surface area contributed by atoms with Crippen molar-refractivity contribution < 1.29 is 4.74 Å². The molecule has 0 saturated carbocycles. The van der Waals surface area contributed by atoms with Gasteiger partial charge in [-0.3, -0.25) is 0 Å². The Hall–Kier alpha value is -1.50. The minimum Gasteiger partial charge on any atom is -0.491 e. The molecule has 0 aromatic heterocycles. The summed E-state index contributed by atoms with van der Waals surface area (Å²) in [5, 5.41) is 0. The summed E-state index contributed by atoms with van der Waals surface area (Å²) in [6.07, 6.45) is 12.1. The summed E-state index contributed by atoms with van der Waals surface area (Å²) in [6.45, 7) is 6.38. The van der Waals surface area contributed by atoms with Crippen LogP contribution in [0.5, 0.6) is 5.75 Å². The second kappa shape index (κ2) is 8.57. The number of hydrogen-bond acceptors (Lipinski definition) is 1. The molecule has 0 radical (unpaired) electrons. The summed E-state index contributed by atoms with van der Waals surface area (Å²) in [5.41, 5.74) is 1.20. The van der Waals surface area contributed by atoms with Gasteiger partial charge in [0.25, 0.3) is 0 Å². The Bertz CT molecular complexity index is 390. The van der Waals surface area contributed by atoms with Gasteiger partial charge in [-0.15, -0.1) is 0 Å². The highest BCUT2D eigenvalue weighted by Gasteiger charge is 2.00. The minimum absolute atomic E-state index is 0.275. The zero-order valence-corrected chi connectivity index (χ0v) is 11.7. The average molecular weight is 244 g/mol. The molecule has 0 heterocycles. The third-order valence-corrected chi connectivity index (χ3v) is 2.76. The molecular weight excluding hydrogens is 220 g/mol. The van der Waals surface area contributed by atoms with E-state index in [9.17, 15) is 0 Å². The van der Waals surface area contributed by atoms with Crippen LogP contribution in [0.2, 0.25) is 0 Å². The smallest absolute Gasteiger partial charge is 0.120 e. The van der Waals surface area contributed by atoms with Gasteiger partial charge in [-0.05, 0) is 43.9 Å². The van der Waals surface area contributed by atoms with Crippen LogP contribution in [0.3, 0.4) is 0 Å². The van der Waals surface area contributed by atoms with Crippen LogP contribution < -0.4 is 4.74 Å². The zero-order chi connectivity index (χ0) is 13.2. The van der Waals surface area contributed by atoms with Crippen LogP contribution in [-0.4, -0.2) is 6.10 Å². The van der Waals surface area contributed by atoms with Gasteiger partial charge in [-0.25, -0.2) is 0 Å². The van der Waals surface area contributed by atoms with Gasteiger partial charge in [0.1, 0.15) is 5.75 Å². The molecule has 1 rings (SSSR count). The predicted molar refractivity (Wildman–Crippen MR) is 79.9 cm³/mol. The second-order valence-corrected chi connectivity index (χ2v) is 4.43. The summed E-state index contributed by atoms with van der Waals surface area (Å²) in [4.78, 5) is 0. The summed E-state index contributed by atoms with van der Waals surface area (Å²) in [6, 6.07) is 8.25. The third-order valence-electron chi connectivity index (χ3n) is 2.76. The summed E-state index contributed by atoms with van der Waals surface area (Å²) in [7, 11) is 0. The number of allylic oxidation sites excluding steroid dienone is 3. The van der Waals surface area contributed by atoms with E-state index in [2.05, 4.69) is 57.2 Å². The lowest BCUT2D eigenvalue weighted by Gasteiger charge is -2.12. The predicted octanol–water partition coefficient (Wildman–Crippen LogP) is 5.23. The van der Waals surface area contributed by atoms with Crippen LogP contribution in [-0.2, 0) is 0 Å². The van der Waals surface area contributed by atoms with Crippen LogP contribution in [0.1, 0.15) is 45.6 Å². The van der Waals surface area contributed by atoms with Crippen molar-refractivity contribution in [2.24, 2.45) is 0 Å². The minimum atomic E-state index is 0.275. The molecule has 1 unspecified atom stereocenters. The SMILES string of the molecule is CC/C=C\C/C=C/c1cccc(OC(C)CC)c1. The lowest BCUT2D eigenvalue weighted by Crippen LogP contribution is -2.09. The molecule has 0 aliphatic rings. The van der Waals surface area contributed by atoms with Crippen molar-refractivity contribution in [3.05, 3.63) is 48.1 Å².